The Labute approximate surface area is 136 Å². The largest absolute Gasteiger partial charge is 0.338 e. The molecule has 1 unspecified atom stereocenters. The summed E-state index contributed by atoms with van der Waals surface area (Å²) in [4.78, 5) is 23.2. The van der Waals surface area contributed by atoms with Gasteiger partial charge in [0.15, 0.2) is 0 Å². The Bertz CT molecular complexity index is 677. The first-order valence-corrected chi connectivity index (χ1v) is 8.51. The predicted octanol–water partition coefficient (Wildman–Crippen LogP) is 2.71. The average molecular weight is 310 g/mol. The summed E-state index contributed by atoms with van der Waals surface area (Å²) in [6.45, 7) is 2.69. The van der Waals surface area contributed by atoms with E-state index in [1.54, 1.807) is 24.5 Å². The number of aromatic nitrogens is 3. The molecule has 23 heavy (non-hydrogen) atoms. The zero-order valence-corrected chi connectivity index (χ0v) is 13.3. The number of piperidine rings is 1. The third-order valence-electron chi connectivity index (χ3n) is 4.90. The van der Waals surface area contributed by atoms with Crippen LogP contribution in [0.2, 0.25) is 0 Å². The lowest BCUT2D eigenvalue weighted by Crippen LogP contribution is -2.39. The molecule has 1 atom stereocenters. The van der Waals surface area contributed by atoms with Gasteiger partial charge in [0.05, 0.1) is 0 Å². The van der Waals surface area contributed by atoms with E-state index in [4.69, 9.17) is 0 Å². The third kappa shape index (κ3) is 3.14. The molecule has 1 aliphatic heterocycles. The molecule has 1 amide bonds. The Kier molecular flexibility index (Phi) is 3.85. The van der Waals surface area contributed by atoms with E-state index >= 15 is 0 Å². The van der Waals surface area contributed by atoms with Gasteiger partial charge in [-0.2, -0.15) is 0 Å². The van der Waals surface area contributed by atoms with Crippen molar-refractivity contribution in [3.63, 3.8) is 0 Å². The smallest absolute Gasteiger partial charge is 0.253 e. The van der Waals surface area contributed by atoms with Crippen LogP contribution in [0.15, 0.2) is 36.9 Å². The number of nitrogens with zero attached hydrogens (tertiary/aromatic N) is 4. The fourth-order valence-electron chi connectivity index (χ4n) is 3.46. The average Bonchev–Trinajstić information content (AvgIpc) is 3.30. The van der Waals surface area contributed by atoms with Gasteiger partial charge in [0.25, 0.3) is 5.91 Å². The van der Waals surface area contributed by atoms with Gasteiger partial charge in [-0.05, 0) is 43.7 Å². The van der Waals surface area contributed by atoms with Crippen molar-refractivity contribution in [2.24, 2.45) is 5.92 Å². The Morgan fingerprint density at radius 2 is 2.00 bits per heavy atom. The quantitative estimate of drug-likeness (QED) is 0.872. The minimum atomic E-state index is 0.109. The zero-order valence-electron chi connectivity index (χ0n) is 13.3. The van der Waals surface area contributed by atoms with Crippen molar-refractivity contribution in [2.75, 3.05) is 13.1 Å². The van der Waals surface area contributed by atoms with E-state index in [0.29, 0.717) is 5.92 Å². The maximum absolute atomic E-state index is 12.7. The summed E-state index contributed by atoms with van der Waals surface area (Å²) in [5.74, 6) is 2.45. The van der Waals surface area contributed by atoms with Crippen molar-refractivity contribution < 1.29 is 4.79 Å². The van der Waals surface area contributed by atoms with Crippen molar-refractivity contribution in [3.05, 3.63) is 48.3 Å². The van der Waals surface area contributed by atoms with E-state index in [1.165, 1.54) is 12.8 Å². The van der Waals surface area contributed by atoms with E-state index in [-0.39, 0.29) is 5.91 Å². The van der Waals surface area contributed by atoms with Crippen LogP contribution in [0.3, 0.4) is 0 Å². The first-order chi connectivity index (χ1) is 11.3. The van der Waals surface area contributed by atoms with Gasteiger partial charge < -0.3 is 9.47 Å². The summed E-state index contributed by atoms with van der Waals surface area (Å²) in [6, 6.07) is 3.58. The van der Waals surface area contributed by atoms with Gasteiger partial charge in [-0.15, -0.1) is 0 Å². The fraction of sp³-hybridized carbons (Fsp3) is 0.500. The molecule has 2 aliphatic rings. The zero-order chi connectivity index (χ0) is 15.6. The lowest BCUT2D eigenvalue weighted by atomic mass is 9.96. The van der Waals surface area contributed by atoms with Crippen LogP contribution in [0.25, 0.3) is 0 Å². The summed E-state index contributed by atoms with van der Waals surface area (Å²) in [7, 11) is 0. The van der Waals surface area contributed by atoms with Crippen molar-refractivity contribution in [2.45, 2.75) is 38.1 Å². The Balaban J connectivity index is 1.49. The van der Waals surface area contributed by atoms with Crippen LogP contribution >= 0.6 is 0 Å². The van der Waals surface area contributed by atoms with Crippen molar-refractivity contribution >= 4 is 5.91 Å². The molecule has 1 saturated carbocycles. The Hall–Kier alpha value is -2.17. The van der Waals surface area contributed by atoms with E-state index in [0.717, 1.165) is 49.8 Å². The molecule has 2 aromatic heterocycles. The molecule has 3 heterocycles. The highest BCUT2D eigenvalue weighted by Gasteiger charge is 2.29. The van der Waals surface area contributed by atoms with Crippen molar-refractivity contribution in [1.82, 2.24) is 19.4 Å². The number of carbonyl (C=O) groups is 1. The molecule has 0 N–H and O–H groups in total. The summed E-state index contributed by atoms with van der Waals surface area (Å²) in [5, 5.41) is 0. The molecule has 0 aromatic carbocycles. The number of rotatable bonds is 4. The van der Waals surface area contributed by atoms with Gasteiger partial charge in [-0.1, -0.05) is 0 Å². The van der Waals surface area contributed by atoms with Gasteiger partial charge in [0.2, 0.25) is 0 Å². The number of hydrogen-bond donors (Lipinski definition) is 0. The van der Waals surface area contributed by atoms with Gasteiger partial charge >= 0.3 is 0 Å². The highest BCUT2D eigenvalue weighted by atomic mass is 16.2. The molecule has 1 aliphatic carbocycles. The molecule has 1 saturated heterocycles. The molecule has 0 radical (unpaired) electrons. The Morgan fingerprint density at radius 3 is 2.78 bits per heavy atom. The van der Waals surface area contributed by atoms with Gasteiger partial charge in [-0.25, -0.2) is 4.98 Å². The predicted molar refractivity (Wildman–Crippen MR) is 87.1 cm³/mol. The monoisotopic (exact) mass is 310 g/mol. The highest BCUT2D eigenvalue weighted by Crippen LogP contribution is 2.33. The molecule has 2 aromatic rings. The van der Waals surface area contributed by atoms with Crippen molar-refractivity contribution in [3.8, 4) is 0 Å². The Morgan fingerprint density at radius 1 is 1.17 bits per heavy atom. The van der Waals surface area contributed by atoms with E-state index in [1.807, 2.05) is 11.1 Å². The van der Waals surface area contributed by atoms with E-state index < -0.39 is 0 Å². The first-order valence-electron chi connectivity index (χ1n) is 8.51. The number of pyridine rings is 1. The second kappa shape index (κ2) is 6.14. The molecule has 5 heteroatoms. The van der Waals surface area contributed by atoms with Crippen LogP contribution in [0.5, 0.6) is 0 Å². The molecular formula is C18H22N4O. The second-order valence-corrected chi connectivity index (χ2v) is 6.71. The van der Waals surface area contributed by atoms with Crippen LogP contribution in [0, 0.1) is 5.92 Å². The first kappa shape index (κ1) is 14.4. The fourth-order valence-corrected chi connectivity index (χ4v) is 3.46. The minimum absolute atomic E-state index is 0.109. The second-order valence-electron chi connectivity index (χ2n) is 6.71. The standard InChI is InChI=1S/C18H22N4O/c23-18(15-5-7-19-8-6-15)22-10-1-2-16(13-22)17-20-9-11-21(17)12-14-3-4-14/h5-9,11,14,16H,1-4,10,12-13H2. The lowest BCUT2D eigenvalue weighted by Gasteiger charge is -2.32. The third-order valence-corrected chi connectivity index (χ3v) is 4.90. The maximum Gasteiger partial charge on any atom is 0.253 e. The van der Waals surface area contributed by atoms with Gasteiger partial charge in [0, 0.05) is 55.9 Å². The van der Waals surface area contributed by atoms with Crippen LogP contribution < -0.4 is 0 Å². The molecule has 0 spiro atoms. The van der Waals surface area contributed by atoms with Gasteiger partial charge in [0.1, 0.15) is 5.82 Å². The maximum atomic E-state index is 12.7. The molecule has 2 fully saturated rings. The number of likely N-dealkylation sites (tertiary alicyclic amines) is 1. The molecule has 120 valence electrons. The van der Waals surface area contributed by atoms with Crippen LogP contribution in [0.4, 0.5) is 0 Å². The van der Waals surface area contributed by atoms with Crippen LogP contribution in [-0.2, 0) is 6.54 Å². The molecule has 4 rings (SSSR count). The summed E-state index contributed by atoms with van der Waals surface area (Å²) in [5.41, 5.74) is 0.724. The number of imidazole rings is 1. The lowest BCUT2D eigenvalue weighted by molar-refractivity contribution is 0.0703. The van der Waals surface area contributed by atoms with Gasteiger partial charge in [-0.3, -0.25) is 9.78 Å². The summed E-state index contributed by atoms with van der Waals surface area (Å²) in [6.07, 6.45) is 12.2. The SMILES string of the molecule is O=C(c1ccncc1)N1CCCC(c2nccn2CC2CC2)C1. The number of hydrogen-bond acceptors (Lipinski definition) is 3. The number of amides is 1. The van der Waals surface area contributed by atoms with E-state index in [2.05, 4.69) is 20.7 Å². The molecule has 0 bridgehead atoms. The minimum Gasteiger partial charge on any atom is -0.338 e. The summed E-state index contributed by atoms with van der Waals surface area (Å²) >= 11 is 0. The van der Waals surface area contributed by atoms with Crippen LogP contribution in [0.1, 0.15) is 47.8 Å². The highest BCUT2D eigenvalue weighted by molar-refractivity contribution is 5.94. The molecule has 5 nitrogen and oxygen atoms in total. The van der Waals surface area contributed by atoms with E-state index in [9.17, 15) is 4.79 Å². The molecular weight excluding hydrogens is 288 g/mol. The normalized spacial score (nSPS) is 21.4. The topological polar surface area (TPSA) is 51.0 Å². The number of carbonyl (C=O) groups excluding carboxylic acids is 1. The summed E-state index contributed by atoms with van der Waals surface area (Å²) < 4.78 is 2.31. The van der Waals surface area contributed by atoms with Crippen molar-refractivity contribution in [1.29, 1.82) is 0 Å². The van der Waals surface area contributed by atoms with Crippen LogP contribution in [-0.4, -0.2) is 38.4 Å².